The Morgan fingerprint density at radius 2 is 2.08 bits per heavy atom. The summed E-state index contributed by atoms with van der Waals surface area (Å²) in [5, 5.41) is 0.542. The lowest BCUT2D eigenvalue weighted by atomic mass is 10.0. The first-order valence-electron chi connectivity index (χ1n) is 7.86. The molecule has 0 saturated heterocycles. The molecule has 2 aromatic rings. The predicted octanol–water partition coefficient (Wildman–Crippen LogP) is 3.08. The quantitative estimate of drug-likeness (QED) is 0.782. The zero-order valence-electron chi connectivity index (χ0n) is 14.0. The van der Waals surface area contributed by atoms with Crippen molar-refractivity contribution in [3.8, 4) is 5.06 Å². The van der Waals surface area contributed by atoms with Gasteiger partial charge in [0, 0.05) is 30.5 Å². The molecule has 0 saturated carbocycles. The third-order valence-electron chi connectivity index (χ3n) is 4.11. The summed E-state index contributed by atoms with van der Waals surface area (Å²) in [7, 11) is 1.30. The highest BCUT2D eigenvalue weighted by Crippen LogP contribution is 2.36. The first kappa shape index (κ1) is 17.6. The van der Waals surface area contributed by atoms with E-state index >= 15 is 0 Å². The van der Waals surface area contributed by atoms with Crippen molar-refractivity contribution in [1.82, 2.24) is 4.90 Å². The van der Waals surface area contributed by atoms with Crippen molar-refractivity contribution in [1.29, 1.82) is 0 Å². The van der Waals surface area contributed by atoms with E-state index in [1.807, 2.05) is 11.0 Å². The van der Waals surface area contributed by atoms with Gasteiger partial charge in [-0.15, -0.1) is 11.3 Å². The maximum Gasteiger partial charge on any atom is 0.327 e. The van der Waals surface area contributed by atoms with E-state index in [2.05, 4.69) is 0 Å². The topological polar surface area (TPSA) is 55.8 Å². The number of carbonyl (C=O) groups excluding carboxylic acids is 2. The smallest absolute Gasteiger partial charge is 0.327 e. The van der Waals surface area contributed by atoms with Gasteiger partial charge in [-0.25, -0.2) is 9.18 Å². The van der Waals surface area contributed by atoms with E-state index in [9.17, 15) is 14.0 Å². The fraction of sp³-hybridized carbons (Fsp3) is 0.333. The number of hydrogen-bond acceptors (Lipinski definition) is 6. The average molecular weight is 363 g/mol. The molecule has 1 atom stereocenters. The van der Waals surface area contributed by atoms with Crippen molar-refractivity contribution in [3.05, 3.63) is 52.2 Å². The lowest BCUT2D eigenvalue weighted by molar-refractivity contribution is -0.148. The fourth-order valence-corrected chi connectivity index (χ4v) is 4.07. The summed E-state index contributed by atoms with van der Waals surface area (Å²) in [4.78, 5) is 26.5. The largest absolute Gasteiger partial charge is 0.468 e. The second kappa shape index (κ2) is 7.33. The summed E-state index contributed by atoms with van der Waals surface area (Å²) < 4.78 is 24.3. The number of nitrogens with zero attached hydrogens (tertiary/aromatic N) is 1. The van der Waals surface area contributed by atoms with Gasteiger partial charge in [0.15, 0.2) is 5.06 Å². The van der Waals surface area contributed by atoms with Crippen LogP contribution < -0.4 is 4.74 Å². The molecule has 132 valence electrons. The van der Waals surface area contributed by atoms with Gasteiger partial charge in [-0.1, -0.05) is 18.2 Å². The minimum Gasteiger partial charge on any atom is -0.468 e. The van der Waals surface area contributed by atoms with E-state index in [1.54, 1.807) is 18.2 Å². The van der Waals surface area contributed by atoms with Crippen molar-refractivity contribution in [3.63, 3.8) is 0 Å². The molecule has 0 amide bonds. The third kappa shape index (κ3) is 3.72. The van der Waals surface area contributed by atoms with E-state index in [-0.39, 0.29) is 5.97 Å². The first-order valence-corrected chi connectivity index (χ1v) is 8.67. The molecule has 5 nitrogen and oxygen atoms in total. The lowest BCUT2D eigenvalue weighted by Gasteiger charge is -2.33. The van der Waals surface area contributed by atoms with Crippen LogP contribution in [0.4, 0.5) is 4.39 Å². The Bertz CT molecular complexity index is 804. The van der Waals surface area contributed by atoms with Crippen molar-refractivity contribution in [2.45, 2.75) is 25.9 Å². The van der Waals surface area contributed by atoms with Crippen molar-refractivity contribution >= 4 is 23.3 Å². The molecular weight excluding hydrogens is 345 g/mol. The zero-order valence-corrected chi connectivity index (χ0v) is 14.8. The van der Waals surface area contributed by atoms with Crippen molar-refractivity contribution in [2.75, 3.05) is 13.7 Å². The molecule has 1 aliphatic heterocycles. The Morgan fingerprint density at radius 1 is 1.32 bits per heavy atom. The number of methoxy groups -OCH3 is 1. The molecule has 1 aromatic carbocycles. The van der Waals surface area contributed by atoms with E-state index in [4.69, 9.17) is 9.47 Å². The molecular formula is C18H18FNO4S. The Balaban J connectivity index is 1.89. The Morgan fingerprint density at radius 3 is 2.76 bits per heavy atom. The second-order valence-electron chi connectivity index (χ2n) is 5.78. The summed E-state index contributed by atoms with van der Waals surface area (Å²) in [5.41, 5.74) is 1.28. The minimum absolute atomic E-state index is 0.299. The summed E-state index contributed by atoms with van der Waals surface area (Å²) in [6.45, 7) is 2.40. The summed E-state index contributed by atoms with van der Waals surface area (Å²) >= 11 is 1.43. The molecule has 1 aromatic heterocycles. The van der Waals surface area contributed by atoms with Crippen LogP contribution in [0.3, 0.4) is 0 Å². The lowest BCUT2D eigenvalue weighted by Crippen LogP contribution is -2.38. The number of rotatable bonds is 4. The van der Waals surface area contributed by atoms with Gasteiger partial charge < -0.3 is 9.47 Å². The highest BCUT2D eigenvalue weighted by molar-refractivity contribution is 7.14. The van der Waals surface area contributed by atoms with Crippen LogP contribution in [0.1, 0.15) is 29.0 Å². The number of hydrogen-bond donors (Lipinski definition) is 0. The minimum atomic E-state index is -0.809. The van der Waals surface area contributed by atoms with Crippen LogP contribution in [-0.4, -0.2) is 30.5 Å². The molecule has 25 heavy (non-hydrogen) atoms. The summed E-state index contributed by atoms with van der Waals surface area (Å²) in [5.74, 6) is -1.30. The van der Waals surface area contributed by atoms with Crippen LogP contribution in [-0.2, 0) is 27.3 Å². The van der Waals surface area contributed by atoms with Gasteiger partial charge in [-0.3, -0.25) is 9.69 Å². The zero-order chi connectivity index (χ0) is 18.0. The van der Waals surface area contributed by atoms with Crippen molar-refractivity contribution < 1.29 is 23.5 Å². The molecule has 1 aliphatic rings. The number of halogens is 1. The molecule has 0 N–H and O–H groups in total. The number of ether oxygens (including phenoxy) is 2. The Hall–Kier alpha value is -2.25. The van der Waals surface area contributed by atoms with Gasteiger partial charge in [0.2, 0.25) is 0 Å². The van der Waals surface area contributed by atoms with Gasteiger partial charge in [-0.05, 0) is 24.1 Å². The molecule has 2 heterocycles. The Kier molecular flexibility index (Phi) is 5.15. The standard InChI is InChI=1S/C18H18FNO4S/c1-11(21)24-16-9-12-10-20(8-7-15(12)25-16)17(18(22)23-2)13-5-3-4-6-14(13)19/h3-6,9,17H,7-8,10H2,1-2H3/t17-/m0/s1. The second-order valence-corrected chi connectivity index (χ2v) is 6.87. The van der Waals surface area contributed by atoms with E-state index in [0.29, 0.717) is 30.1 Å². The van der Waals surface area contributed by atoms with Crippen LogP contribution in [0, 0.1) is 5.82 Å². The maximum atomic E-state index is 14.2. The molecule has 0 spiro atoms. The number of fused-ring (bicyclic) bond motifs is 1. The van der Waals surface area contributed by atoms with Crippen LogP contribution in [0.25, 0.3) is 0 Å². The van der Waals surface area contributed by atoms with Crippen LogP contribution in [0.15, 0.2) is 30.3 Å². The average Bonchev–Trinajstić information content (AvgIpc) is 2.97. The predicted molar refractivity (Wildman–Crippen MR) is 90.9 cm³/mol. The van der Waals surface area contributed by atoms with Gasteiger partial charge in [0.1, 0.15) is 11.9 Å². The SMILES string of the molecule is COC(=O)[C@H](c1ccccc1F)N1CCc2sc(OC(C)=O)cc2C1. The molecule has 3 rings (SSSR count). The van der Waals surface area contributed by atoms with Gasteiger partial charge in [0.25, 0.3) is 0 Å². The molecule has 0 radical (unpaired) electrons. The molecule has 7 heteroatoms. The fourth-order valence-electron chi connectivity index (χ4n) is 3.02. The first-order chi connectivity index (χ1) is 12.0. The van der Waals surface area contributed by atoms with Crippen LogP contribution in [0.5, 0.6) is 5.06 Å². The normalized spacial score (nSPS) is 15.3. The van der Waals surface area contributed by atoms with Gasteiger partial charge >= 0.3 is 11.9 Å². The molecule has 0 aliphatic carbocycles. The highest BCUT2D eigenvalue weighted by Gasteiger charge is 2.33. The maximum absolute atomic E-state index is 14.2. The summed E-state index contributed by atoms with van der Waals surface area (Å²) in [6, 6.07) is 7.23. The third-order valence-corrected chi connectivity index (χ3v) is 5.22. The monoisotopic (exact) mass is 363 g/mol. The molecule has 0 bridgehead atoms. The number of thiophene rings is 1. The van der Waals surface area contributed by atoms with Crippen LogP contribution >= 0.6 is 11.3 Å². The highest BCUT2D eigenvalue weighted by atomic mass is 32.1. The van der Waals surface area contributed by atoms with Crippen molar-refractivity contribution in [2.24, 2.45) is 0 Å². The van der Waals surface area contributed by atoms with Crippen LogP contribution in [0.2, 0.25) is 0 Å². The van der Waals surface area contributed by atoms with E-state index < -0.39 is 17.8 Å². The van der Waals surface area contributed by atoms with Gasteiger partial charge in [0.05, 0.1) is 7.11 Å². The Labute approximate surface area is 149 Å². The summed E-state index contributed by atoms with van der Waals surface area (Å²) in [6.07, 6.45) is 0.698. The molecule has 0 unspecified atom stereocenters. The number of esters is 2. The van der Waals surface area contributed by atoms with Gasteiger partial charge in [-0.2, -0.15) is 0 Å². The van der Waals surface area contributed by atoms with E-state index in [0.717, 1.165) is 10.4 Å². The number of benzene rings is 1. The van der Waals surface area contributed by atoms with E-state index in [1.165, 1.54) is 31.4 Å². The number of carbonyl (C=O) groups is 2. The molecule has 0 fully saturated rings.